The van der Waals surface area contributed by atoms with Gasteiger partial charge in [-0.15, -0.1) is 6.58 Å². The summed E-state index contributed by atoms with van der Waals surface area (Å²) in [5.74, 6) is -0.749. The molecule has 11 heteroatoms. The maximum Gasteiger partial charge on any atom is 0.253 e. The van der Waals surface area contributed by atoms with Crippen LogP contribution in [0.1, 0.15) is 39.0 Å². The molecule has 2 atom stereocenters. The van der Waals surface area contributed by atoms with E-state index in [1.807, 2.05) is 96.7 Å². The van der Waals surface area contributed by atoms with Crippen LogP contribution in [-0.2, 0) is 47.4 Å². The highest BCUT2D eigenvalue weighted by Gasteiger charge is 2.51. The predicted molar refractivity (Wildman–Crippen MR) is 206 cm³/mol. The fourth-order valence-corrected chi connectivity index (χ4v) is 7.71. The predicted octanol–water partition coefficient (Wildman–Crippen LogP) is 4.80. The third-order valence-electron chi connectivity index (χ3n) is 10.2. The van der Waals surface area contributed by atoms with E-state index in [9.17, 15) is 24.3 Å². The van der Waals surface area contributed by atoms with Crippen LogP contribution in [0.25, 0.3) is 10.9 Å². The van der Waals surface area contributed by atoms with Gasteiger partial charge in [0.2, 0.25) is 17.7 Å². The molecule has 0 unspecified atom stereocenters. The monoisotopic (exact) mass is 724 g/mol. The molecule has 0 bridgehead atoms. The van der Waals surface area contributed by atoms with E-state index in [-0.39, 0.29) is 68.4 Å². The summed E-state index contributed by atoms with van der Waals surface area (Å²) >= 11 is 0. The molecule has 0 saturated carbocycles. The van der Waals surface area contributed by atoms with Gasteiger partial charge in [0.1, 0.15) is 18.0 Å². The number of hydrogen-bond donors (Lipinski definition) is 2. The number of aromatic nitrogens is 1. The van der Waals surface area contributed by atoms with Gasteiger partial charge in [-0.05, 0) is 40.8 Å². The van der Waals surface area contributed by atoms with Crippen LogP contribution >= 0.6 is 0 Å². The number of carbonyl (C=O) groups is 4. The molecular formula is C43H44N6O5. The van der Waals surface area contributed by atoms with E-state index in [2.05, 4.69) is 11.9 Å². The number of amides is 4. The molecule has 3 heterocycles. The van der Waals surface area contributed by atoms with E-state index in [4.69, 9.17) is 0 Å². The molecule has 2 N–H and O–H groups in total. The second-order valence-electron chi connectivity index (χ2n) is 13.9. The lowest BCUT2D eigenvalue weighted by Crippen LogP contribution is -2.75. The van der Waals surface area contributed by atoms with Gasteiger partial charge in [0.25, 0.3) is 5.91 Å². The van der Waals surface area contributed by atoms with Gasteiger partial charge in [-0.1, -0.05) is 97.1 Å². The second kappa shape index (κ2) is 15.8. The van der Waals surface area contributed by atoms with Crippen molar-refractivity contribution in [1.82, 2.24) is 29.7 Å². The first kappa shape index (κ1) is 36.2. The van der Waals surface area contributed by atoms with Gasteiger partial charge in [0, 0.05) is 51.1 Å². The molecule has 7 rings (SSSR count). The van der Waals surface area contributed by atoms with Gasteiger partial charge in [-0.25, -0.2) is 10.0 Å². The molecular weight excluding hydrogens is 681 g/mol. The number of para-hydroxylation sites is 1. The zero-order valence-electron chi connectivity index (χ0n) is 30.3. The van der Waals surface area contributed by atoms with Crippen molar-refractivity contribution in [3.8, 4) is 5.75 Å². The number of aryl methyl sites for hydroxylation is 2. The van der Waals surface area contributed by atoms with Crippen LogP contribution in [0.15, 0.2) is 122 Å². The highest BCUT2D eigenvalue weighted by Crippen LogP contribution is 2.32. The molecule has 0 radical (unpaired) electrons. The first-order chi connectivity index (χ1) is 26.2. The normalized spacial score (nSPS) is 17.5. The number of hydrogen-bond acceptors (Lipinski definition) is 6. The number of hydrazine groups is 1. The molecule has 5 aromatic rings. The van der Waals surface area contributed by atoms with Gasteiger partial charge < -0.3 is 24.8 Å². The van der Waals surface area contributed by atoms with E-state index >= 15 is 0 Å². The van der Waals surface area contributed by atoms with Crippen molar-refractivity contribution < 1.29 is 24.3 Å². The Balaban J connectivity index is 1.22. The number of phenolic OH excluding ortho intramolecular Hbond substituents is 1. The van der Waals surface area contributed by atoms with Gasteiger partial charge in [0.15, 0.2) is 0 Å². The summed E-state index contributed by atoms with van der Waals surface area (Å²) in [5, 5.41) is 17.1. The van der Waals surface area contributed by atoms with Crippen molar-refractivity contribution in [2.24, 2.45) is 7.05 Å². The van der Waals surface area contributed by atoms with Gasteiger partial charge in [-0.3, -0.25) is 19.2 Å². The van der Waals surface area contributed by atoms with E-state index in [1.165, 1.54) is 0 Å². The lowest BCUT2D eigenvalue weighted by atomic mass is 9.97. The fourth-order valence-electron chi connectivity index (χ4n) is 7.71. The number of phenols is 1. The number of rotatable bonds is 12. The highest BCUT2D eigenvalue weighted by molar-refractivity contribution is 6.07. The zero-order valence-corrected chi connectivity index (χ0v) is 30.3. The minimum Gasteiger partial charge on any atom is -0.508 e. The Hall–Kier alpha value is -6.20. The first-order valence-corrected chi connectivity index (χ1v) is 18.2. The summed E-state index contributed by atoms with van der Waals surface area (Å²) < 4.78 is 1.91. The van der Waals surface area contributed by atoms with Crippen LogP contribution in [0.2, 0.25) is 0 Å². The molecule has 0 aliphatic carbocycles. The largest absolute Gasteiger partial charge is 0.508 e. The van der Waals surface area contributed by atoms with Crippen molar-refractivity contribution in [3.05, 3.63) is 150 Å². The Bertz CT molecular complexity index is 2170. The molecule has 2 aliphatic heterocycles. The average Bonchev–Trinajstić information content (AvgIpc) is 3.53. The number of carbonyl (C=O) groups excluding carboxylic acids is 4. The number of nitrogens with zero attached hydrogens (tertiary/aromatic N) is 5. The average molecular weight is 725 g/mol. The van der Waals surface area contributed by atoms with Gasteiger partial charge in [0.05, 0.1) is 24.2 Å². The Kier molecular flexibility index (Phi) is 10.6. The second-order valence-corrected chi connectivity index (χ2v) is 13.9. The molecule has 54 heavy (non-hydrogen) atoms. The lowest BCUT2D eigenvalue weighted by molar-refractivity contribution is -0.205. The fraction of sp³-hybridized carbons (Fsp3) is 0.256. The van der Waals surface area contributed by atoms with Crippen LogP contribution in [0.3, 0.4) is 0 Å². The Morgan fingerprint density at radius 1 is 0.889 bits per heavy atom. The number of nitrogens with one attached hydrogen (secondary N) is 1. The Morgan fingerprint density at radius 2 is 1.59 bits per heavy atom. The van der Waals surface area contributed by atoms with E-state index < -0.39 is 12.2 Å². The van der Waals surface area contributed by atoms with Crippen molar-refractivity contribution in [2.75, 3.05) is 19.6 Å². The SMILES string of the molecule is C=CCN1CC(=O)N2[C@@H](Cc3ccc(O)cc3)C(=O)N(Cc3cccc4c(C(=O)NCc5ccccc5)cn(C)c34)C[C@@H]2N1C(=O)CCc1ccccc1. The van der Waals surface area contributed by atoms with Crippen LogP contribution < -0.4 is 5.32 Å². The lowest BCUT2D eigenvalue weighted by Gasteiger charge is -2.55. The molecule has 4 aromatic carbocycles. The zero-order chi connectivity index (χ0) is 37.8. The summed E-state index contributed by atoms with van der Waals surface area (Å²) in [6.07, 6.45) is 3.65. The van der Waals surface area contributed by atoms with Crippen molar-refractivity contribution in [2.45, 2.75) is 44.6 Å². The number of fused-ring (bicyclic) bond motifs is 2. The molecule has 11 nitrogen and oxygen atoms in total. The minimum absolute atomic E-state index is 0.0727. The molecule has 0 spiro atoms. The number of aromatic hydroxyl groups is 1. The van der Waals surface area contributed by atoms with Crippen molar-refractivity contribution in [3.63, 3.8) is 0 Å². The summed E-state index contributed by atoms with van der Waals surface area (Å²) in [6, 6.07) is 30.9. The summed E-state index contributed by atoms with van der Waals surface area (Å²) in [7, 11) is 1.88. The molecule has 4 amide bonds. The third-order valence-corrected chi connectivity index (χ3v) is 10.2. The van der Waals surface area contributed by atoms with Crippen LogP contribution in [0, 0.1) is 0 Å². The van der Waals surface area contributed by atoms with Crippen LogP contribution in [0.5, 0.6) is 5.75 Å². The molecule has 2 aliphatic rings. The maximum atomic E-state index is 14.6. The number of piperazine rings is 1. The maximum absolute atomic E-state index is 14.6. The molecule has 276 valence electrons. The Labute approximate surface area is 314 Å². The number of benzene rings is 4. The van der Waals surface area contributed by atoms with Crippen LogP contribution in [0.4, 0.5) is 0 Å². The Morgan fingerprint density at radius 3 is 2.30 bits per heavy atom. The van der Waals surface area contributed by atoms with E-state index in [1.54, 1.807) is 50.2 Å². The van der Waals surface area contributed by atoms with Crippen molar-refractivity contribution >= 4 is 34.5 Å². The van der Waals surface area contributed by atoms with Gasteiger partial charge in [-0.2, -0.15) is 0 Å². The summed E-state index contributed by atoms with van der Waals surface area (Å²) in [4.78, 5) is 59.7. The molecule has 2 saturated heterocycles. The molecule has 1 aromatic heterocycles. The smallest absolute Gasteiger partial charge is 0.253 e. The summed E-state index contributed by atoms with van der Waals surface area (Å²) in [5.41, 5.74) is 4.96. The first-order valence-electron chi connectivity index (χ1n) is 18.2. The highest BCUT2D eigenvalue weighted by atomic mass is 16.3. The summed E-state index contributed by atoms with van der Waals surface area (Å²) in [6.45, 7) is 4.77. The third kappa shape index (κ3) is 7.49. The van der Waals surface area contributed by atoms with Gasteiger partial charge >= 0.3 is 0 Å². The van der Waals surface area contributed by atoms with Crippen molar-refractivity contribution in [1.29, 1.82) is 0 Å². The topological polar surface area (TPSA) is 118 Å². The van der Waals surface area contributed by atoms with E-state index in [0.717, 1.165) is 33.2 Å². The van der Waals surface area contributed by atoms with E-state index in [0.29, 0.717) is 18.5 Å². The minimum atomic E-state index is -0.900. The quantitative estimate of drug-likeness (QED) is 0.179. The van der Waals surface area contributed by atoms with Crippen LogP contribution in [-0.4, -0.2) is 85.0 Å². The standard InChI is InChI=1S/C43H44N6O5/c1-3-23-47-29-40(52)48-37(24-31-17-20-34(50)21-18-31)43(54)46(28-38(48)49(47)39(51)22-19-30-11-6-4-7-12-30)26-33-15-10-16-35-36(27-45(2)41(33)35)42(53)44-25-32-13-8-5-9-14-32/h3-18,20-21,27,37-38,50H,1,19,22-26,28-29H2,2H3,(H,44,53)/t37-,38-/m0/s1. The molecule has 2 fully saturated rings.